The Morgan fingerprint density at radius 2 is 1.44 bits per heavy atom. The van der Waals surface area contributed by atoms with Crippen molar-refractivity contribution in [2.75, 3.05) is 12.3 Å². The predicted octanol–water partition coefficient (Wildman–Crippen LogP) is -4.52. The van der Waals surface area contributed by atoms with Gasteiger partial charge in [-0.25, -0.2) is 4.79 Å². The molecule has 15 nitrogen and oxygen atoms in total. The van der Waals surface area contributed by atoms with Crippen molar-refractivity contribution < 1.29 is 34.2 Å². The van der Waals surface area contributed by atoms with E-state index in [1.807, 2.05) is 0 Å². The van der Waals surface area contributed by atoms with Crippen LogP contribution >= 0.6 is 12.6 Å². The fraction of sp³-hybridized carbons (Fsp3) is 0.667. The summed E-state index contributed by atoms with van der Waals surface area (Å²) in [5, 5.41) is 25.7. The summed E-state index contributed by atoms with van der Waals surface area (Å²) in [6, 6.07) is -5.21. The van der Waals surface area contributed by atoms with Gasteiger partial charge in [-0.2, -0.15) is 12.6 Å². The number of rotatable bonds is 16. The summed E-state index contributed by atoms with van der Waals surface area (Å²) < 4.78 is 0. The molecule has 0 aromatic heterocycles. The summed E-state index contributed by atoms with van der Waals surface area (Å²) in [7, 11) is 0. The van der Waals surface area contributed by atoms with Gasteiger partial charge in [0.25, 0.3) is 0 Å². The van der Waals surface area contributed by atoms with Crippen LogP contribution < -0.4 is 38.9 Å². The number of aliphatic hydroxyl groups excluding tert-OH is 1. The van der Waals surface area contributed by atoms with Crippen LogP contribution in [-0.4, -0.2) is 88.3 Å². The van der Waals surface area contributed by atoms with Crippen molar-refractivity contribution in [3.63, 3.8) is 0 Å². The van der Waals surface area contributed by atoms with Crippen molar-refractivity contribution in [2.45, 2.75) is 62.9 Å². The number of nitrogens with two attached hydrogens (primary N) is 4. The van der Waals surface area contributed by atoms with Gasteiger partial charge < -0.3 is 49.1 Å². The lowest BCUT2D eigenvalue weighted by Gasteiger charge is -2.24. The second-order valence-corrected chi connectivity index (χ2v) is 7.79. The highest BCUT2D eigenvalue weighted by Gasteiger charge is 2.30. The number of nitrogens with zero attached hydrogens (tertiary/aromatic N) is 1. The van der Waals surface area contributed by atoms with Crippen LogP contribution in [0.5, 0.6) is 0 Å². The van der Waals surface area contributed by atoms with E-state index in [2.05, 4.69) is 33.6 Å². The number of primary amides is 1. The van der Waals surface area contributed by atoms with Crippen molar-refractivity contribution in [1.29, 1.82) is 0 Å². The van der Waals surface area contributed by atoms with E-state index in [0.29, 0.717) is 0 Å². The minimum absolute atomic E-state index is 0.0135. The molecule has 0 fully saturated rings. The monoisotopic (exact) mass is 506 g/mol. The number of carbonyl (C=O) groups is 5. The Morgan fingerprint density at radius 1 is 0.912 bits per heavy atom. The molecule has 194 valence electrons. The highest BCUT2D eigenvalue weighted by Crippen LogP contribution is 2.03. The number of carboxylic acids is 1. The van der Waals surface area contributed by atoms with E-state index in [-0.39, 0.29) is 43.9 Å². The molecule has 5 unspecified atom stereocenters. The third-order valence-corrected chi connectivity index (χ3v) is 4.88. The van der Waals surface area contributed by atoms with Crippen LogP contribution in [0.4, 0.5) is 0 Å². The number of amides is 4. The van der Waals surface area contributed by atoms with Gasteiger partial charge in [-0.15, -0.1) is 0 Å². The van der Waals surface area contributed by atoms with Crippen LogP contribution in [0.25, 0.3) is 0 Å². The number of nitrogens with one attached hydrogen (secondary N) is 3. The third kappa shape index (κ3) is 12.2. The quantitative estimate of drug-likeness (QED) is 0.0414. The summed E-state index contributed by atoms with van der Waals surface area (Å²) in [5.74, 6) is -4.96. The smallest absolute Gasteiger partial charge is 0.326 e. The Bertz CT molecular complexity index is 761. The number of hydrogen-bond acceptors (Lipinski definition) is 9. The highest BCUT2D eigenvalue weighted by atomic mass is 32.1. The molecule has 0 aromatic carbocycles. The number of carboxylic acid groups (broad SMARTS) is 1. The van der Waals surface area contributed by atoms with E-state index in [4.69, 9.17) is 22.9 Å². The molecular formula is C18H34N8O7S. The Balaban J connectivity index is 5.25. The van der Waals surface area contributed by atoms with Crippen LogP contribution in [0, 0.1) is 0 Å². The fourth-order valence-corrected chi connectivity index (χ4v) is 2.80. The second kappa shape index (κ2) is 15.7. The zero-order valence-electron chi connectivity index (χ0n) is 18.8. The Morgan fingerprint density at radius 3 is 1.91 bits per heavy atom. The standard InChI is InChI=1S/C18H34N8O7S/c1-8(27)13(20)16(31)24-9(4-5-12(19)28)14(29)26-11(7-34)15(30)25-10(17(32)33)3-2-6-23-18(21)22/h8-11,13,27,34H,2-7,20H2,1H3,(H2,19,28)(H,24,31)(H,25,30)(H,26,29)(H,32,33)(H4,21,22,23). The predicted molar refractivity (Wildman–Crippen MR) is 125 cm³/mol. The third-order valence-electron chi connectivity index (χ3n) is 4.51. The van der Waals surface area contributed by atoms with Gasteiger partial charge in [-0.1, -0.05) is 0 Å². The number of thiol groups is 1. The van der Waals surface area contributed by atoms with Crippen LogP contribution in [-0.2, 0) is 24.0 Å². The normalized spacial score (nSPS) is 15.1. The number of aliphatic imine (C=N–C) groups is 1. The molecule has 5 atom stereocenters. The lowest BCUT2D eigenvalue weighted by Crippen LogP contribution is -2.58. The van der Waals surface area contributed by atoms with Gasteiger partial charge in [0.2, 0.25) is 23.6 Å². The first-order chi connectivity index (χ1) is 15.8. The molecule has 0 rings (SSSR count). The zero-order chi connectivity index (χ0) is 26.4. The molecule has 0 aliphatic rings. The van der Waals surface area contributed by atoms with E-state index in [1.54, 1.807) is 0 Å². The molecule has 0 aliphatic heterocycles. The Kier molecular flexibility index (Phi) is 14.2. The van der Waals surface area contributed by atoms with Crippen LogP contribution in [0.15, 0.2) is 4.99 Å². The van der Waals surface area contributed by atoms with Gasteiger partial charge in [-0.05, 0) is 26.2 Å². The molecule has 0 spiro atoms. The maximum atomic E-state index is 12.7. The topological polar surface area (TPSA) is 278 Å². The molecule has 13 N–H and O–H groups in total. The van der Waals surface area contributed by atoms with Crippen LogP contribution in [0.3, 0.4) is 0 Å². The number of hydrogen-bond donors (Lipinski definition) is 10. The minimum Gasteiger partial charge on any atom is -0.480 e. The van der Waals surface area contributed by atoms with Gasteiger partial charge in [-0.3, -0.25) is 24.2 Å². The van der Waals surface area contributed by atoms with Crippen LogP contribution in [0.1, 0.15) is 32.6 Å². The van der Waals surface area contributed by atoms with Gasteiger partial charge in [0.1, 0.15) is 24.2 Å². The van der Waals surface area contributed by atoms with Crippen molar-refractivity contribution in [2.24, 2.45) is 27.9 Å². The van der Waals surface area contributed by atoms with Gasteiger partial charge >= 0.3 is 5.97 Å². The lowest BCUT2D eigenvalue weighted by atomic mass is 10.1. The van der Waals surface area contributed by atoms with Gasteiger partial charge in [0.15, 0.2) is 5.96 Å². The van der Waals surface area contributed by atoms with E-state index >= 15 is 0 Å². The molecular weight excluding hydrogens is 472 g/mol. The number of guanidine groups is 1. The average molecular weight is 507 g/mol. The summed E-state index contributed by atoms with van der Waals surface area (Å²) in [4.78, 5) is 63.7. The lowest BCUT2D eigenvalue weighted by molar-refractivity contribution is -0.142. The average Bonchev–Trinajstić information content (AvgIpc) is 2.75. The molecule has 0 saturated heterocycles. The molecule has 34 heavy (non-hydrogen) atoms. The first kappa shape index (κ1) is 30.9. The minimum atomic E-state index is -1.34. The summed E-state index contributed by atoms with van der Waals surface area (Å²) in [5.41, 5.74) is 21.1. The van der Waals surface area contributed by atoms with E-state index in [1.165, 1.54) is 6.92 Å². The van der Waals surface area contributed by atoms with Gasteiger partial charge in [0, 0.05) is 18.7 Å². The largest absolute Gasteiger partial charge is 0.480 e. The van der Waals surface area contributed by atoms with Crippen molar-refractivity contribution >= 4 is 48.2 Å². The molecule has 0 aromatic rings. The van der Waals surface area contributed by atoms with Crippen LogP contribution in [0.2, 0.25) is 0 Å². The maximum Gasteiger partial charge on any atom is 0.326 e. The molecule has 0 heterocycles. The van der Waals surface area contributed by atoms with Crippen molar-refractivity contribution in [3.8, 4) is 0 Å². The number of aliphatic hydroxyl groups is 1. The first-order valence-corrected chi connectivity index (χ1v) is 11.0. The molecule has 0 saturated carbocycles. The highest BCUT2D eigenvalue weighted by molar-refractivity contribution is 7.80. The van der Waals surface area contributed by atoms with Crippen molar-refractivity contribution in [3.05, 3.63) is 0 Å². The second-order valence-electron chi connectivity index (χ2n) is 7.42. The zero-order valence-corrected chi connectivity index (χ0v) is 19.7. The summed E-state index contributed by atoms with van der Waals surface area (Å²) in [6.07, 6.45) is -1.41. The SMILES string of the molecule is CC(O)C(N)C(=O)NC(CCC(N)=O)C(=O)NC(CS)C(=O)NC(CCCN=C(N)N)C(=O)O. The number of carbonyl (C=O) groups excluding carboxylic acids is 4. The van der Waals surface area contributed by atoms with E-state index in [0.717, 1.165) is 0 Å². The molecule has 16 heteroatoms. The van der Waals surface area contributed by atoms with Gasteiger partial charge in [0.05, 0.1) is 6.10 Å². The Labute approximate surface area is 201 Å². The molecule has 0 radical (unpaired) electrons. The summed E-state index contributed by atoms with van der Waals surface area (Å²) >= 11 is 4.01. The molecule has 4 amide bonds. The van der Waals surface area contributed by atoms with E-state index in [9.17, 15) is 34.2 Å². The molecule has 0 aliphatic carbocycles. The Hall–Kier alpha value is -3.11. The number of aliphatic carboxylic acids is 1. The fourth-order valence-electron chi connectivity index (χ4n) is 2.54. The first-order valence-electron chi connectivity index (χ1n) is 10.3. The molecule has 0 bridgehead atoms. The summed E-state index contributed by atoms with van der Waals surface area (Å²) in [6.45, 7) is 1.44. The van der Waals surface area contributed by atoms with E-state index < -0.39 is 59.9 Å². The maximum absolute atomic E-state index is 12.7. The van der Waals surface area contributed by atoms with Crippen molar-refractivity contribution in [1.82, 2.24) is 16.0 Å².